The number of nitrogens with zero attached hydrogens (tertiary/aromatic N) is 4. The van der Waals surface area contributed by atoms with Crippen molar-refractivity contribution in [2.75, 3.05) is 31.3 Å². The number of fused-ring (bicyclic) bond motifs is 3. The molecular weight excluding hydrogens is 364 g/mol. The maximum Gasteiger partial charge on any atom is 0.231 e. The summed E-state index contributed by atoms with van der Waals surface area (Å²) in [6.45, 7) is 7.97. The molecule has 2 aromatic rings. The smallest absolute Gasteiger partial charge is 0.231 e. The fraction of sp³-hybridized carbons (Fsp3) is 0.565. The normalized spacial score (nSPS) is 31.9. The van der Waals surface area contributed by atoms with Gasteiger partial charge in [-0.25, -0.2) is 9.97 Å². The number of rotatable bonds is 3. The van der Waals surface area contributed by atoms with Crippen molar-refractivity contribution in [3.8, 4) is 11.5 Å². The van der Waals surface area contributed by atoms with Gasteiger partial charge in [0.1, 0.15) is 11.6 Å². The Hall–Kier alpha value is -2.34. The lowest BCUT2D eigenvalue weighted by molar-refractivity contribution is 0.0354. The van der Waals surface area contributed by atoms with E-state index in [4.69, 9.17) is 14.5 Å². The van der Waals surface area contributed by atoms with E-state index in [1.54, 1.807) is 0 Å². The molecule has 7 rings (SSSR count). The van der Waals surface area contributed by atoms with Gasteiger partial charge < -0.3 is 14.4 Å². The van der Waals surface area contributed by atoms with Crippen LogP contribution in [0.3, 0.4) is 0 Å². The van der Waals surface area contributed by atoms with Crippen LogP contribution in [-0.2, 0) is 6.42 Å². The molecule has 2 bridgehead atoms. The van der Waals surface area contributed by atoms with Crippen molar-refractivity contribution in [1.82, 2.24) is 14.9 Å². The first-order valence-corrected chi connectivity index (χ1v) is 11.0. The van der Waals surface area contributed by atoms with E-state index < -0.39 is 0 Å². The van der Waals surface area contributed by atoms with E-state index >= 15 is 0 Å². The number of ether oxygens (including phenoxy) is 2. The van der Waals surface area contributed by atoms with Gasteiger partial charge in [0, 0.05) is 36.3 Å². The Labute approximate surface area is 171 Å². The summed E-state index contributed by atoms with van der Waals surface area (Å²) in [6, 6.07) is 9.82. The Morgan fingerprint density at radius 3 is 2.69 bits per heavy atom. The van der Waals surface area contributed by atoms with Crippen molar-refractivity contribution < 1.29 is 9.47 Å². The molecular formula is C23H28N4O2. The van der Waals surface area contributed by atoms with Crippen LogP contribution in [0, 0.1) is 12.8 Å². The highest BCUT2D eigenvalue weighted by Crippen LogP contribution is 2.48. The topological polar surface area (TPSA) is 50.7 Å². The maximum absolute atomic E-state index is 5.68. The van der Waals surface area contributed by atoms with E-state index in [1.807, 2.05) is 6.92 Å². The summed E-state index contributed by atoms with van der Waals surface area (Å²) >= 11 is 0. The number of piperidine rings is 3. The second kappa shape index (κ2) is 6.59. The number of anilines is 1. The Morgan fingerprint density at radius 1 is 1.03 bits per heavy atom. The third-order valence-corrected chi connectivity index (χ3v) is 7.35. The van der Waals surface area contributed by atoms with Crippen molar-refractivity contribution in [3.05, 3.63) is 41.3 Å². The van der Waals surface area contributed by atoms with Gasteiger partial charge in [-0.05, 0) is 62.9 Å². The van der Waals surface area contributed by atoms with Crippen LogP contribution < -0.4 is 14.4 Å². The van der Waals surface area contributed by atoms with E-state index in [0.29, 0.717) is 24.8 Å². The molecule has 6 heterocycles. The average molecular weight is 393 g/mol. The highest BCUT2D eigenvalue weighted by atomic mass is 16.7. The van der Waals surface area contributed by atoms with Gasteiger partial charge in [-0.15, -0.1) is 0 Å². The van der Waals surface area contributed by atoms with E-state index in [1.165, 1.54) is 31.5 Å². The summed E-state index contributed by atoms with van der Waals surface area (Å²) in [6.07, 6.45) is 3.55. The highest BCUT2D eigenvalue weighted by molar-refractivity contribution is 5.51. The van der Waals surface area contributed by atoms with Crippen LogP contribution in [-0.4, -0.2) is 53.4 Å². The van der Waals surface area contributed by atoms with Crippen LogP contribution in [0.1, 0.15) is 42.8 Å². The zero-order valence-corrected chi connectivity index (χ0v) is 17.2. The van der Waals surface area contributed by atoms with E-state index in [2.05, 4.69) is 46.0 Å². The Balaban J connectivity index is 1.42. The Kier molecular flexibility index (Phi) is 3.98. The number of aryl methyl sites for hydroxylation is 2. The molecule has 4 fully saturated rings. The maximum atomic E-state index is 5.68. The van der Waals surface area contributed by atoms with Gasteiger partial charge in [-0.2, -0.15) is 0 Å². The molecule has 6 nitrogen and oxygen atoms in total. The molecule has 6 heteroatoms. The summed E-state index contributed by atoms with van der Waals surface area (Å²) in [5.41, 5.74) is 2.50. The first-order chi connectivity index (χ1) is 14.2. The van der Waals surface area contributed by atoms with E-state index in [0.717, 1.165) is 47.7 Å². The first-order valence-electron chi connectivity index (χ1n) is 11.0. The highest BCUT2D eigenvalue weighted by Gasteiger charge is 2.53. The van der Waals surface area contributed by atoms with Gasteiger partial charge in [-0.3, -0.25) is 4.90 Å². The van der Waals surface area contributed by atoms with Gasteiger partial charge >= 0.3 is 0 Å². The molecule has 0 radical (unpaired) electrons. The summed E-state index contributed by atoms with van der Waals surface area (Å²) in [7, 11) is 0. The molecule has 29 heavy (non-hydrogen) atoms. The molecule has 0 unspecified atom stereocenters. The molecule has 0 aliphatic carbocycles. The third kappa shape index (κ3) is 2.72. The Bertz CT molecular complexity index is 940. The standard InChI is InChI=1S/C23H28N4O2/c1-3-17-11-21(25-14(2)24-17)27-12-18(16-4-5-19-20(10-16)29-13-28-19)23-22(27)15-6-8-26(23)9-7-15/h4-5,10-11,15,18,22-23H,3,6-9,12-13H2,1-2H3/t18-,22+,23+/m0/s1. The second-order valence-electron chi connectivity index (χ2n) is 8.84. The fourth-order valence-corrected chi connectivity index (χ4v) is 6.06. The molecule has 4 saturated heterocycles. The van der Waals surface area contributed by atoms with Gasteiger partial charge in [0.15, 0.2) is 11.5 Å². The van der Waals surface area contributed by atoms with Gasteiger partial charge in [0.25, 0.3) is 0 Å². The predicted octanol–water partition coefficient (Wildman–Crippen LogP) is 3.14. The number of benzene rings is 1. The summed E-state index contributed by atoms with van der Waals surface area (Å²) in [4.78, 5) is 14.8. The molecule has 1 aromatic carbocycles. The predicted molar refractivity (Wildman–Crippen MR) is 111 cm³/mol. The van der Waals surface area contributed by atoms with Crippen molar-refractivity contribution in [2.24, 2.45) is 5.92 Å². The minimum Gasteiger partial charge on any atom is -0.454 e. The quantitative estimate of drug-likeness (QED) is 0.800. The largest absolute Gasteiger partial charge is 0.454 e. The van der Waals surface area contributed by atoms with Gasteiger partial charge in [-0.1, -0.05) is 13.0 Å². The zero-order valence-electron chi connectivity index (χ0n) is 17.2. The molecule has 0 amide bonds. The number of aromatic nitrogens is 2. The minimum atomic E-state index is 0.329. The first kappa shape index (κ1) is 17.5. The van der Waals surface area contributed by atoms with Gasteiger partial charge in [0.05, 0.1) is 0 Å². The molecule has 0 N–H and O–H groups in total. The lowest BCUT2D eigenvalue weighted by atomic mass is 9.75. The van der Waals surface area contributed by atoms with Crippen LogP contribution in [0.15, 0.2) is 24.3 Å². The van der Waals surface area contributed by atoms with Crippen molar-refractivity contribution in [2.45, 2.75) is 51.1 Å². The minimum absolute atomic E-state index is 0.329. The third-order valence-electron chi connectivity index (χ3n) is 7.35. The molecule has 5 aliphatic heterocycles. The van der Waals surface area contributed by atoms with E-state index in [-0.39, 0.29) is 0 Å². The van der Waals surface area contributed by atoms with Crippen LogP contribution in [0.2, 0.25) is 0 Å². The lowest BCUT2D eigenvalue weighted by Crippen LogP contribution is -2.60. The van der Waals surface area contributed by atoms with Crippen LogP contribution >= 0.6 is 0 Å². The summed E-state index contributed by atoms with van der Waals surface area (Å²) < 4.78 is 11.2. The van der Waals surface area contributed by atoms with Crippen LogP contribution in [0.25, 0.3) is 0 Å². The van der Waals surface area contributed by atoms with Crippen LogP contribution in [0.4, 0.5) is 5.82 Å². The number of hydrogen-bond acceptors (Lipinski definition) is 6. The Morgan fingerprint density at radius 2 is 1.86 bits per heavy atom. The van der Waals surface area contributed by atoms with Crippen molar-refractivity contribution in [1.29, 1.82) is 0 Å². The molecule has 0 saturated carbocycles. The SMILES string of the molecule is CCc1cc(N2C[C@@H](c3ccc4c(c3)OCO4)[C@@H]3[C@H]2C2CCN3CC2)nc(C)n1. The summed E-state index contributed by atoms with van der Waals surface area (Å²) in [5, 5.41) is 0. The molecule has 5 aliphatic rings. The average Bonchev–Trinajstić information content (AvgIpc) is 3.39. The number of hydrogen-bond donors (Lipinski definition) is 0. The fourth-order valence-electron chi connectivity index (χ4n) is 6.06. The second-order valence-corrected chi connectivity index (χ2v) is 8.84. The lowest BCUT2D eigenvalue weighted by Gasteiger charge is -2.51. The summed E-state index contributed by atoms with van der Waals surface area (Å²) in [5.74, 6) is 4.96. The van der Waals surface area contributed by atoms with Crippen molar-refractivity contribution >= 4 is 5.82 Å². The zero-order chi connectivity index (χ0) is 19.5. The van der Waals surface area contributed by atoms with Crippen LogP contribution in [0.5, 0.6) is 11.5 Å². The van der Waals surface area contributed by atoms with Crippen molar-refractivity contribution in [3.63, 3.8) is 0 Å². The van der Waals surface area contributed by atoms with Gasteiger partial charge in [0.2, 0.25) is 6.79 Å². The van der Waals surface area contributed by atoms with E-state index in [9.17, 15) is 0 Å². The molecule has 0 spiro atoms. The molecule has 1 aromatic heterocycles. The monoisotopic (exact) mass is 392 g/mol. The molecule has 3 atom stereocenters. The molecule has 152 valence electrons.